The topological polar surface area (TPSA) is 40.9 Å². The quantitative estimate of drug-likeness (QED) is 0.589. The van der Waals surface area contributed by atoms with E-state index in [4.69, 9.17) is 5.41 Å². The molecule has 1 aromatic rings. The molecule has 0 heterocycles. The van der Waals surface area contributed by atoms with E-state index in [1.807, 2.05) is 18.2 Å². The van der Waals surface area contributed by atoms with E-state index in [2.05, 4.69) is 0 Å². The number of hydrogen-bond acceptors (Lipinski definition) is 2. The van der Waals surface area contributed by atoms with E-state index in [0.29, 0.717) is 12.0 Å². The Morgan fingerprint density at radius 1 is 1.27 bits per heavy atom. The largest absolute Gasteiger partial charge is 0.301 e. The molecule has 1 aliphatic rings. The van der Waals surface area contributed by atoms with Gasteiger partial charge in [-0.25, -0.2) is 0 Å². The molecule has 2 heteroatoms. The van der Waals surface area contributed by atoms with Crippen LogP contribution in [-0.4, -0.2) is 11.5 Å². The van der Waals surface area contributed by atoms with Gasteiger partial charge in [-0.3, -0.25) is 4.79 Å². The summed E-state index contributed by atoms with van der Waals surface area (Å²) in [5, 5.41) is 7.29. The molecule has 54 valence electrons. The van der Waals surface area contributed by atoms with Gasteiger partial charge in [0.25, 0.3) is 0 Å². The van der Waals surface area contributed by atoms with Crippen molar-refractivity contribution >= 4 is 11.5 Å². The lowest BCUT2D eigenvalue weighted by Gasteiger charge is -1.91. The van der Waals surface area contributed by atoms with Crippen LogP contribution in [0.25, 0.3) is 0 Å². The fourth-order valence-electron chi connectivity index (χ4n) is 1.33. The lowest BCUT2D eigenvalue weighted by atomic mass is 10.1. The Hall–Kier alpha value is -1.44. The number of hydrogen-bond donors (Lipinski definition) is 1. The minimum atomic E-state index is -0.111. The van der Waals surface area contributed by atoms with Crippen molar-refractivity contribution in [3.05, 3.63) is 35.4 Å². The molecule has 0 aliphatic heterocycles. The molecule has 0 atom stereocenters. The maximum atomic E-state index is 11.2. The second-order valence-electron chi connectivity index (χ2n) is 2.64. The van der Waals surface area contributed by atoms with Crippen LogP contribution in [0.15, 0.2) is 24.3 Å². The molecule has 1 aliphatic carbocycles. The van der Waals surface area contributed by atoms with E-state index in [-0.39, 0.29) is 11.5 Å². The van der Waals surface area contributed by atoms with Crippen molar-refractivity contribution in [1.82, 2.24) is 0 Å². The van der Waals surface area contributed by atoms with Crippen LogP contribution in [0, 0.1) is 5.41 Å². The number of rotatable bonds is 0. The van der Waals surface area contributed by atoms with Gasteiger partial charge in [0.05, 0.1) is 5.71 Å². The molecule has 1 N–H and O–H groups in total. The van der Waals surface area contributed by atoms with Crippen LogP contribution in [0.1, 0.15) is 15.9 Å². The van der Waals surface area contributed by atoms with E-state index in [9.17, 15) is 4.79 Å². The third-order valence-corrected chi connectivity index (χ3v) is 1.90. The average Bonchev–Trinajstić information content (AvgIpc) is 2.30. The summed E-state index contributed by atoms with van der Waals surface area (Å²) in [5.41, 5.74) is 1.91. The summed E-state index contributed by atoms with van der Waals surface area (Å²) in [6.07, 6.45) is 0.509. The van der Waals surface area contributed by atoms with E-state index in [1.165, 1.54) is 0 Å². The number of ketones is 1. The number of carbonyl (C=O) groups is 1. The van der Waals surface area contributed by atoms with Gasteiger partial charge in [-0.1, -0.05) is 24.3 Å². The zero-order valence-electron chi connectivity index (χ0n) is 5.92. The van der Waals surface area contributed by atoms with Gasteiger partial charge >= 0.3 is 0 Å². The van der Waals surface area contributed by atoms with Crippen molar-refractivity contribution in [2.75, 3.05) is 0 Å². The van der Waals surface area contributed by atoms with Gasteiger partial charge in [0, 0.05) is 12.0 Å². The van der Waals surface area contributed by atoms with E-state index in [1.54, 1.807) is 6.07 Å². The molecule has 0 radical (unpaired) electrons. The number of Topliss-reactive ketones (excluding diaryl/α,β-unsaturated/α-hetero) is 1. The first-order valence-electron chi connectivity index (χ1n) is 3.49. The van der Waals surface area contributed by atoms with Crippen LogP contribution in [0.3, 0.4) is 0 Å². The zero-order chi connectivity index (χ0) is 7.84. The van der Waals surface area contributed by atoms with Crippen LogP contribution in [-0.2, 0) is 6.42 Å². The predicted octanol–water partition coefficient (Wildman–Crippen LogP) is 1.45. The molecule has 2 nitrogen and oxygen atoms in total. The molecular weight excluding hydrogens is 138 g/mol. The molecule has 0 unspecified atom stereocenters. The highest BCUT2D eigenvalue weighted by Crippen LogP contribution is 2.18. The van der Waals surface area contributed by atoms with Crippen molar-refractivity contribution in [3.8, 4) is 0 Å². The molecule has 0 fully saturated rings. The molecule has 0 amide bonds. The van der Waals surface area contributed by atoms with E-state index in [0.717, 1.165) is 5.56 Å². The number of benzene rings is 1. The fourth-order valence-corrected chi connectivity index (χ4v) is 1.33. The van der Waals surface area contributed by atoms with Crippen LogP contribution in [0.5, 0.6) is 0 Å². The summed E-state index contributed by atoms with van der Waals surface area (Å²) >= 11 is 0. The molecular formula is C9H7NO. The molecule has 0 saturated heterocycles. The fraction of sp³-hybridized carbons (Fsp3) is 0.111. The van der Waals surface area contributed by atoms with Crippen molar-refractivity contribution in [3.63, 3.8) is 0 Å². The summed E-state index contributed by atoms with van der Waals surface area (Å²) in [7, 11) is 0. The van der Waals surface area contributed by atoms with Gasteiger partial charge in [0.1, 0.15) is 0 Å². The number of nitrogens with one attached hydrogen (secondary N) is 1. The second-order valence-corrected chi connectivity index (χ2v) is 2.64. The SMILES string of the molecule is N=C1Cc2ccccc2C1=O. The Morgan fingerprint density at radius 2 is 2.00 bits per heavy atom. The highest BCUT2D eigenvalue weighted by molar-refractivity contribution is 6.48. The van der Waals surface area contributed by atoms with Crippen LogP contribution in [0.2, 0.25) is 0 Å². The van der Waals surface area contributed by atoms with Crippen molar-refractivity contribution in [1.29, 1.82) is 5.41 Å². The monoisotopic (exact) mass is 145 g/mol. The third-order valence-electron chi connectivity index (χ3n) is 1.90. The summed E-state index contributed by atoms with van der Waals surface area (Å²) in [5.74, 6) is -0.111. The Morgan fingerprint density at radius 3 is 2.73 bits per heavy atom. The highest BCUT2D eigenvalue weighted by atomic mass is 16.1. The molecule has 1 aromatic carbocycles. The molecule has 0 bridgehead atoms. The Balaban J connectivity index is 2.64. The molecule has 0 saturated carbocycles. The van der Waals surface area contributed by atoms with E-state index < -0.39 is 0 Å². The second kappa shape index (κ2) is 2.02. The first kappa shape index (κ1) is 6.28. The lowest BCUT2D eigenvalue weighted by Crippen LogP contribution is -2.04. The smallest absolute Gasteiger partial charge is 0.207 e. The van der Waals surface area contributed by atoms with Crippen LogP contribution in [0.4, 0.5) is 0 Å². The first-order valence-corrected chi connectivity index (χ1v) is 3.49. The molecule has 2 rings (SSSR count). The Kier molecular flexibility index (Phi) is 1.15. The summed E-state index contributed by atoms with van der Waals surface area (Å²) in [6.45, 7) is 0. The van der Waals surface area contributed by atoms with Gasteiger partial charge in [0.15, 0.2) is 0 Å². The normalized spacial score (nSPS) is 15.3. The zero-order valence-corrected chi connectivity index (χ0v) is 5.92. The van der Waals surface area contributed by atoms with Crippen LogP contribution >= 0.6 is 0 Å². The van der Waals surface area contributed by atoms with Gasteiger partial charge in [0.2, 0.25) is 5.78 Å². The standard InChI is InChI=1S/C9H7NO/c10-8-5-6-3-1-2-4-7(6)9(8)11/h1-4,10H,5H2. The van der Waals surface area contributed by atoms with Crippen molar-refractivity contribution < 1.29 is 4.79 Å². The van der Waals surface area contributed by atoms with Crippen molar-refractivity contribution in [2.24, 2.45) is 0 Å². The van der Waals surface area contributed by atoms with Gasteiger partial charge in [-0.2, -0.15) is 0 Å². The minimum Gasteiger partial charge on any atom is -0.301 e. The van der Waals surface area contributed by atoms with Gasteiger partial charge < -0.3 is 5.41 Å². The summed E-state index contributed by atoms with van der Waals surface area (Å²) < 4.78 is 0. The molecule has 11 heavy (non-hydrogen) atoms. The van der Waals surface area contributed by atoms with Crippen molar-refractivity contribution in [2.45, 2.75) is 6.42 Å². The highest BCUT2D eigenvalue weighted by Gasteiger charge is 2.23. The average molecular weight is 145 g/mol. The summed E-state index contributed by atoms with van der Waals surface area (Å²) in [4.78, 5) is 11.2. The summed E-state index contributed by atoms with van der Waals surface area (Å²) in [6, 6.07) is 7.40. The third kappa shape index (κ3) is 0.792. The predicted molar refractivity (Wildman–Crippen MR) is 42.2 cm³/mol. The van der Waals surface area contributed by atoms with Gasteiger partial charge in [-0.05, 0) is 5.56 Å². The molecule has 0 aromatic heterocycles. The Bertz CT molecular complexity index is 341. The maximum absolute atomic E-state index is 11.2. The lowest BCUT2D eigenvalue weighted by molar-refractivity contribution is 0.106. The molecule has 0 spiro atoms. The van der Waals surface area contributed by atoms with Gasteiger partial charge in [-0.15, -0.1) is 0 Å². The van der Waals surface area contributed by atoms with E-state index >= 15 is 0 Å². The number of carbonyl (C=O) groups excluding carboxylic acids is 1. The Labute approximate surface area is 64.4 Å². The maximum Gasteiger partial charge on any atom is 0.207 e. The number of fused-ring (bicyclic) bond motifs is 1. The first-order chi connectivity index (χ1) is 5.29. The minimum absolute atomic E-state index is 0.111. The van der Waals surface area contributed by atoms with Crippen LogP contribution < -0.4 is 0 Å².